The van der Waals surface area contributed by atoms with Crippen LogP contribution in [0.25, 0.3) is 10.9 Å². The Morgan fingerprint density at radius 3 is 2.71 bits per heavy atom. The number of fused-ring (bicyclic) bond motifs is 1. The second-order valence-corrected chi connectivity index (χ2v) is 4.70. The van der Waals surface area contributed by atoms with E-state index in [1.54, 1.807) is 12.3 Å². The van der Waals surface area contributed by atoms with Crippen molar-refractivity contribution in [2.75, 3.05) is 5.33 Å². The minimum Gasteiger partial charge on any atom is -0.390 e. The molecule has 0 fully saturated rings. The van der Waals surface area contributed by atoms with Crippen molar-refractivity contribution in [3.05, 3.63) is 42.1 Å². The van der Waals surface area contributed by atoms with Crippen molar-refractivity contribution >= 4 is 26.8 Å². The molecule has 2 unspecified atom stereocenters. The Morgan fingerprint density at radius 2 is 1.94 bits per heavy atom. The number of aromatic nitrogens is 1. The summed E-state index contributed by atoms with van der Waals surface area (Å²) in [6.07, 6.45) is 0.528. The Kier molecular flexibility index (Phi) is 4.10. The van der Waals surface area contributed by atoms with Crippen LogP contribution < -0.4 is 0 Å². The van der Waals surface area contributed by atoms with Gasteiger partial charge in [0.1, 0.15) is 6.10 Å². The van der Waals surface area contributed by atoms with Gasteiger partial charge in [0, 0.05) is 16.9 Å². The molecule has 3 nitrogen and oxygen atoms in total. The van der Waals surface area contributed by atoms with Crippen LogP contribution in [-0.2, 0) is 0 Å². The number of alkyl halides is 1. The molecular formula is C13H14BrNO2. The summed E-state index contributed by atoms with van der Waals surface area (Å²) < 4.78 is 0. The van der Waals surface area contributed by atoms with Gasteiger partial charge in [0.15, 0.2) is 0 Å². The molecule has 2 rings (SSSR count). The summed E-state index contributed by atoms with van der Waals surface area (Å²) in [4.78, 5) is 4.23. The summed E-state index contributed by atoms with van der Waals surface area (Å²) >= 11 is 3.26. The van der Waals surface area contributed by atoms with Gasteiger partial charge in [0.05, 0.1) is 11.6 Å². The van der Waals surface area contributed by atoms with Crippen molar-refractivity contribution in [3.63, 3.8) is 0 Å². The summed E-state index contributed by atoms with van der Waals surface area (Å²) in [5.41, 5.74) is 1.55. The standard InChI is InChI=1S/C13H14BrNO2/c14-7-5-12(16)13(17)10-6-8-15-11-4-2-1-3-9(10)11/h1-4,6,8,12-13,16-17H,5,7H2. The van der Waals surface area contributed by atoms with E-state index in [4.69, 9.17) is 0 Å². The fourth-order valence-electron chi connectivity index (χ4n) is 1.85. The molecule has 0 aliphatic heterocycles. The van der Waals surface area contributed by atoms with Gasteiger partial charge in [0.25, 0.3) is 0 Å². The van der Waals surface area contributed by atoms with E-state index in [1.807, 2.05) is 24.3 Å². The molecule has 17 heavy (non-hydrogen) atoms. The van der Waals surface area contributed by atoms with E-state index in [1.165, 1.54) is 0 Å². The molecule has 1 aromatic carbocycles. The first-order chi connectivity index (χ1) is 8.24. The largest absolute Gasteiger partial charge is 0.390 e. The van der Waals surface area contributed by atoms with Crippen LogP contribution in [0.3, 0.4) is 0 Å². The van der Waals surface area contributed by atoms with Gasteiger partial charge in [-0.3, -0.25) is 4.98 Å². The molecule has 0 bridgehead atoms. The number of hydrogen-bond acceptors (Lipinski definition) is 3. The smallest absolute Gasteiger partial charge is 0.106 e. The molecule has 0 spiro atoms. The van der Waals surface area contributed by atoms with Crippen LogP contribution in [-0.4, -0.2) is 26.6 Å². The molecule has 2 aromatic rings. The van der Waals surface area contributed by atoms with Crippen LogP contribution in [0.2, 0.25) is 0 Å². The highest BCUT2D eigenvalue weighted by atomic mass is 79.9. The van der Waals surface area contributed by atoms with E-state index in [9.17, 15) is 10.2 Å². The lowest BCUT2D eigenvalue weighted by molar-refractivity contribution is 0.0182. The lowest BCUT2D eigenvalue weighted by atomic mass is 9.99. The lowest BCUT2D eigenvalue weighted by Gasteiger charge is -2.18. The number of pyridine rings is 1. The van der Waals surface area contributed by atoms with E-state index in [0.29, 0.717) is 11.8 Å². The third kappa shape index (κ3) is 2.65. The van der Waals surface area contributed by atoms with E-state index < -0.39 is 12.2 Å². The maximum absolute atomic E-state index is 10.1. The number of aliphatic hydroxyl groups excluding tert-OH is 2. The van der Waals surface area contributed by atoms with Gasteiger partial charge >= 0.3 is 0 Å². The van der Waals surface area contributed by atoms with Crippen molar-refractivity contribution in [1.29, 1.82) is 0 Å². The molecular weight excluding hydrogens is 282 g/mol. The maximum atomic E-state index is 10.1. The third-order valence-electron chi connectivity index (χ3n) is 2.77. The number of halogens is 1. The number of aliphatic hydroxyl groups is 2. The van der Waals surface area contributed by atoms with Gasteiger partial charge in [-0.2, -0.15) is 0 Å². The average molecular weight is 296 g/mol. The first-order valence-corrected chi connectivity index (χ1v) is 6.62. The molecule has 90 valence electrons. The van der Waals surface area contributed by atoms with Crippen LogP contribution in [0, 0.1) is 0 Å². The van der Waals surface area contributed by atoms with Gasteiger partial charge in [-0.25, -0.2) is 0 Å². The molecule has 0 amide bonds. The van der Waals surface area contributed by atoms with Gasteiger partial charge in [0.2, 0.25) is 0 Å². The Bertz CT molecular complexity index is 498. The predicted octanol–water partition coefficient (Wildman–Crippen LogP) is 2.41. The molecule has 0 radical (unpaired) electrons. The molecule has 2 N–H and O–H groups in total. The first kappa shape index (κ1) is 12.5. The molecule has 0 saturated carbocycles. The monoisotopic (exact) mass is 295 g/mol. The minimum atomic E-state index is -0.875. The Hall–Kier alpha value is -0.970. The summed E-state index contributed by atoms with van der Waals surface area (Å²) in [5.74, 6) is 0. The molecule has 4 heteroatoms. The number of hydrogen-bond donors (Lipinski definition) is 2. The zero-order chi connectivity index (χ0) is 12.3. The van der Waals surface area contributed by atoms with Crippen LogP contribution in [0.5, 0.6) is 0 Å². The average Bonchev–Trinajstić information content (AvgIpc) is 2.37. The topological polar surface area (TPSA) is 53.4 Å². The minimum absolute atomic E-state index is 0.512. The van der Waals surface area contributed by atoms with Crippen molar-refractivity contribution in [2.45, 2.75) is 18.6 Å². The Morgan fingerprint density at radius 1 is 1.18 bits per heavy atom. The van der Waals surface area contributed by atoms with Crippen LogP contribution >= 0.6 is 15.9 Å². The number of para-hydroxylation sites is 1. The molecule has 1 aromatic heterocycles. The fraction of sp³-hybridized carbons (Fsp3) is 0.308. The van der Waals surface area contributed by atoms with Crippen molar-refractivity contribution < 1.29 is 10.2 Å². The van der Waals surface area contributed by atoms with Gasteiger partial charge in [-0.1, -0.05) is 34.1 Å². The van der Waals surface area contributed by atoms with E-state index in [-0.39, 0.29) is 0 Å². The SMILES string of the molecule is OC(CCBr)C(O)c1ccnc2ccccc12. The Balaban J connectivity index is 2.41. The summed E-state index contributed by atoms with van der Waals surface area (Å²) in [6, 6.07) is 9.35. The van der Waals surface area contributed by atoms with E-state index >= 15 is 0 Å². The predicted molar refractivity (Wildman–Crippen MR) is 71.1 cm³/mol. The number of rotatable bonds is 4. The highest BCUT2D eigenvalue weighted by Gasteiger charge is 2.19. The van der Waals surface area contributed by atoms with Gasteiger partial charge < -0.3 is 10.2 Å². The van der Waals surface area contributed by atoms with Crippen molar-refractivity contribution in [1.82, 2.24) is 4.98 Å². The molecule has 0 aliphatic rings. The fourth-order valence-corrected chi connectivity index (χ4v) is 2.32. The second kappa shape index (κ2) is 5.58. The summed E-state index contributed by atoms with van der Waals surface area (Å²) in [6.45, 7) is 0. The lowest BCUT2D eigenvalue weighted by Crippen LogP contribution is -2.18. The summed E-state index contributed by atoms with van der Waals surface area (Å²) in [5, 5.41) is 21.5. The van der Waals surface area contributed by atoms with Gasteiger partial charge in [-0.15, -0.1) is 0 Å². The van der Waals surface area contributed by atoms with Crippen molar-refractivity contribution in [2.24, 2.45) is 0 Å². The normalized spacial score (nSPS) is 14.8. The molecule has 0 aliphatic carbocycles. The number of benzene rings is 1. The number of nitrogens with zero attached hydrogens (tertiary/aromatic N) is 1. The highest BCUT2D eigenvalue weighted by Crippen LogP contribution is 2.26. The molecule has 0 saturated heterocycles. The quantitative estimate of drug-likeness (QED) is 0.852. The van der Waals surface area contributed by atoms with E-state index in [0.717, 1.165) is 16.5 Å². The zero-order valence-corrected chi connectivity index (χ0v) is 10.8. The van der Waals surface area contributed by atoms with Crippen molar-refractivity contribution in [3.8, 4) is 0 Å². The Labute approximate surface area is 108 Å². The molecule has 2 atom stereocenters. The molecule has 1 heterocycles. The van der Waals surface area contributed by atoms with Gasteiger partial charge in [-0.05, 0) is 24.1 Å². The van der Waals surface area contributed by atoms with Crippen LogP contribution in [0.15, 0.2) is 36.5 Å². The van der Waals surface area contributed by atoms with Crippen LogP contribution in [0.1, 0.15) is 18.1 Å². The maximum Gasteiger partial charge on any atom is 0.106 e. The second-order valence-electron chi connectivity index (χ2n) is 3.91. The van der Waals surface area contributed by atoms with Crippen LogP contribution in [0.4, 0.5) is 0 Å². The highest BCUT2D eigenvalue weighted by molar-refractivity contribution is 9.09. The van der Waals surface area contributed by atoms with E-state index in [2.05, 4.69) is 20.9 Å². The third-order valence-corrected chi connectivity index (χ3v) is 3.23. The first-order valence-electron chi connectivity index (χ1n) is 5.50. The zero-order valence-electron chi connectivity index (χ0n) is 9.25. The summed E-state index contributed by atoms with van der Waals surface area (Å²) in [7, 11) is 0.